The third-order valence-electron chi connectivity index (χ3n) is 6.75. The van der Waals surface area contributed by atoms with Crippen LogP contribution in [-0.4, -0.2) is 34.1 Å². The van der Waals surface area contributed by atoms with Crippen molar-refractivity contribution in [2.45, 2.75) is 23.1 Å². The summed E-state index contributed by atoms with van der Waals surface area (Å²) in [5.41, 5.74) is 2.92. The predicted octanol–water partition coefficient (Wildman–Crippen LogP) is 7.98. The highest BCUT2D eigenvalue weighted by Gasteiger charge is 2.47. The molecule has 12 heteroatoms. The van der Waals surface area contributed by atoms with Gasteiger partial charge in [0.15, 0.2) is 27.2 Å². The Labute approximate surface area is 258 Å². The summed E-state index contributed by atoms with van der Waals surface area (Å²) in [6.07, 6.45) is 0. The van der Waals surface area contributed by atoms with Crippen LogP contribution < -0.4 is 9.64 Å². The van der Waals surface area contributed by atoms with Gasteiger partial charge in [0.25, 0.3) is 5.91 Å². The van der Waals surface area contributed by atoms with E-state index in [0.717, 1.165) is 5.56 Å². The lowest BCUT2D eigenvalue weighted by Crippen LogP contribution is -2.31. The number of aliphatic hydroxyl groups excluding tert-OH is 1. The number of aryl methyl sites for hydroxylation is 1. The van der Waals surface area contributed by atoms with Crippen molar-refractivity contribution in [2.24, 2.45) is 0 Å². The lowest BCUT2D eigenvalue weighted by molar-refractivity contribution is -0.117. The maximum atomic E-state index is 13.9. The number of thioether (sulfide) groups is 1. The molecule has 212 valence electrons. The summed E-state index contributed by atoms with van der Waals surface area (Å²) in [6, 6.07) is 18.6. The van der Waals surface area contributed by atoms with Gasteiger partial charge in [-0.1, -0.05) is 94.3 Å². The van der Waals surface area contributed by atoms with Crippen molar-refractivity contribution in [3.63, 3.8) is 0 Å². The minimum absolute atomic E-state index is 0.0673. The minimum atomic E-state index is -1.07. The Morgan fingerprint density at radius 3 is 2.62 bits per heavy atom. The number of rotatable bonds is 8. The first kappa shape index (κ1) is 28.3. The number of aliphatic hydroxyl groups is 1. The van der Waals surface area contributed by atoms with Gasteiger partial charge in [0.05, 0.1) is 28.8 Å². The number of nitrogens with zero attached hydrogens (tertiary/aromatic N) is 3. The van der Waals surface area contributed by atoms with Crippen molar-refractivity contribution in [1.29, 1.82) is 0 Å². The fraction of sp³-hybridized carbons (Fsp3) is 0.133. The van der Waals surface area contributed by atoms with Gasteiger partial charge in [-0.25, -0.2) is 0 Å². The van der Waals surface area contributed by atoms with Crippen molar-refractivity contribution < 1.29 is 23.8 Å². The summed E-state index contributed by atoms with van der Waals surface area (Å²) < 4.78 is 11.9. The van der Waals surface area contributed by atoms with Gasteiger partial charge in [-0.05, 0) is 42.3 Å². The highest BCUT2D eigenvalue weighted by molar-refractivity contribution is 8.00. The monoisotopic (exact) mass is 637 g/mol. The second-order valence-electron chi connectivity index (χ2n) is 9.46. The Bertz CT molecular complexity index is 1880. The van der Waals surface area contributed by atoms with Crippen LogP contribution in [0.4, 0.5) is 5.13 Å². The number of aromatic nitrogens is 2. The molecule has 3 aromatic carbocycles. The van der Waals surface area contributed by atoms with E-state index < -0.39 is 23.5 Å². The van der Waals surface area contributed by atoms with Crippen molar-refractivity contribution in [3.05, 3.63) is 111 Å². The Morgan fingerprint density at radius 2 is 1.88 bits per heavy atom. The van der Waals surface area contributed by atoms with Gasteiger partial charge < -0.3 is 14.3 Å². The molecule has 2 aromatic heterocycles. The van der Waals surface area contributed by atoms with E-state index in [1.54, 1.807) is 42.5 Å². The number of methoxy groups -OCH3 is 1. The molecule has 1 aliphatic heterocycles. The number of halogens is 2. The first-order valence-corrected chi connectivity index (χ1v) is 15.2. The molecular formula is C30H21Cl2N3O5S2. The first-order chi connectivity index (χ1) is 20.2. The third-order valence-corrected chi connectivity index (χ3v) is 9.61. The molecule has 1 atom stereocenters. The molecule has 0 saturated heterocycles. The van der Waals surface area contributed by atoms with Gasteiger partial charge in [-0.15, -0.1) is 10.2 Å². The Hall–Kier alpha value is -3.83. The maximum Gasteiger partial charge on any atom is 0.296 e. The lowest BCUT2D eigenvalue weighted by Gasteiger charge is -2.24. The van der Waals surface area contributed by atoms with E-state index in [0.29, 0.717) is 37.4 Å². The molecule has 0 radical (unpaired) electrons. The molecule has 0 aliphatic carbocycles. The molecule has 1 N–H and O–H groups in total. The fourth-order valence-corrected chi connectivity index (χ4v) is 6.79. The zero-order valence-electron chi connectivity index (χ0n) is 22.1. The zero-order valence-corrected chi connectivity index (χ0v) is 25.3. The van der Waals surface area contributed by atoms with Gasteiger partial charge in [-0.2, -0.15) is 0 Å². The number of hydrogen-bond donors (Lipinski definition) is 1. The number of Topliss-reactive ketones (excluding diaryl/α,β-unsaturated/α-hetero) is 1. The van der Waals surface area contributed by atoms with Gasteiger partial charge in [-0.3, -0.25) is 14.5 Å². The second-order valence-corrected chi connectivity index (χ2v) is 12.4. The molecular weight excluding hydrogens is 617 g/mol. The van der Waals surface area contributed by atoms with E-state index in [9.17, 15) is 14.7 Å². The van der Waals surface area contributed by atoms with Crippen LogP contribution >= 0.6 is 46.3 Å². The van der Waals surface area contributed by atoms with Crippen LogP contribution in [0.1, 0.15) is 33.3 Å². The molecule has 0 spiro atoms. The summed E-state index contributed by atoms with van der Waals surface area (Å²) in [5.74, 6) is -1.15. The molecule has 0 saturated carbocycles. The van der Waals surface area contributed by atoms with Crippen molar-refractivity contribution in [1.82, 2.24) is 10.2 Å². The lowest BCUT2D eigenvalue weighted by atomic mass is 9.95. The SMILES string of the molecule is COc1cccc2cc(C(=O)C3=C(O)C(=O)N(c4nnc(SCc5ccc(C)cc5)s4)C3c3ccc(Cl)c(Cl)c3)oc12. The zero-order chi connectivity index (χ0) is 29.5. The van der Waals surface area contributed by atoms with Crippen LogP contribution in [-0.2, 0) is 10.5 Å². The van der Waals surface area contributed by atoms with E-state index in [1.807, 2.05) is 31.2 Å². The van der Waals surface area contributed by atoms with E-state index in [2.05, 4.69) is 10.2 Å². The molecule has 1 amide bonds. The van der Waals surface area contributed by atoms with Crippen molar-refractivity contribution in [3.8, 4) is 5.75 Å². The van der Waals surface area contributed by atoms with Crippen LogP contribution in [0.15, 0.2) is 86.8 Å². The summed E-state index contributed by atoms with van der Waals surface area (Å²) in [5, 5.41) is 21.0. The van der Waals surface area contributed by atoms with Crippen LogP contribution in [0.2, 0.25) is 10.0 Å². The fourth-order valence-electron chi connectivity index (χ4n) is 4.66. The van der Waals surface area contributed by atoms with E-state index in [1.165, 1.54) is 40.7 Å². The Morgan fingerprint density at radius 1 is 1.10 bits per heavy atom. The largest absolute Gasteiger partial charge is 0.503 e. The van der Waals surface area contributed by atoms with Crippen molar-refractivity contribution in [2.75, 3.05) is 12.0 Å². The van der Waals surface area contributed by atoms with Crippen molar-refractivity contribution >= 4 is 74.1 Å². The molecule has 0 bridgehead atoms. The number of ketones is 1. The maximum absolute atomic E-state index is 13.9. The number of ether oxygens (including phenoxy) is 1. The average molecular weight is 639 g/mol. The molecule has 42 heavy (non-hydrogen) atoms. The highest BCUT2D eigenvalue weighted by Crippen LogP contribution is 2.45. The topological polar surface area (TPSA) is 106 Å². The van der Waals surface area contributed by atoms with Crippen LogP contribution in [0, 0.1) is 6.92 Å². The Balaban J connectivity index is 1.38. The molecule has 0 fully saturated rings. The first-order valence-electron chi connectivity index (χ1n) is 12.6. The number of carbonyl (C=O) groups is 2. The molecule has 5 aromatic rings. The van der Waals surface area contributed by atoms with Gasteiger partial charge in [0, 0.05) is 11.1 Å². The number of fused-ring (bicyclic) bond motifs is 1. The van der Waals surface area contributed by atoms with Crippen LogP contribution in [0.25, 0.3) is 11.0 Å². The number of hydrogen-bond acceptors (Lipinski definition) is 9. The summed E-state index contributed by atoms with van der Waals surface area (Å²) >= 11 is 15.2. The smallest absolute Gasteiger partial charge is 0.296 e. The standard InChI is InChI=1S/C30H21Cl2N3O5S2/c1-15-6-8-16(9-7-15)14-41-30-34-33-29(42-30)35-24(17-10-11-19(31)20(32)12-17)23(26(37)28(35)38)25(36)22-13-18-4-3-5-21(39-2)27(18)40-22/h3-13,24,37H,14H2,1-2H3. The van der Waals surface area contributed by atoms with Crippen LogP contribution in [0.3, 0.4) is 0 Å². The predicted molar refractivity (Wildman–Crippen MR) is 164 cm³/mol. The third kappa shape index (κ3) is 5.15. The second kappa shape index (κ2) is 11.4. The highest BCUT2D eigenvalue weighted by atomic mass is 35.5. The van der Waals surface area contributed by atoms with Gasteiger partial charge >= 0.3 is 0 Å². The van der Waals surface area contributed by atoms with E-state index >= 15 is 0 Å². The van der Waals surface area contributed by atoms with Crippen LogP contribution in [0.5, 0.6) is 5.75 Å². The van der Waals surface area contributed by atoms with E-state index in [-0.39, 0.29) is 21.5 Å². The number of furan rings is 1. The number of anilines is 1. The number of amides is 1. The average Bonchev–Trinajstić information content (AvgIpc) is 3.70. The number of para-hydroxylation sites is 1. The molecule has 3 heterocycles. The molecule has 6 rings (SSSR count). The molecule has 1 unspecified atom stereocenters. The van der Waals surface area contributed by atoms with Gasteiger partial charge in [0.1, 0.15) is 0 Å². The number of carbonyl (C=O) groups excluding carboxylic acids is 2. The van der Waals surface area contributed by atoms with Gasteiger partial charge in [0.2, 0.25) is 10.9 Å². The normalized spacial score (nSPS) is 15.2. The summed E-state index contributed by atoms with van der Waals surface area (Å²) in [4.78, 5) is 28.8. The number of benzene rings is 3. The van der Waals surface area contributed by atoms with E-state index in [4.69, 9.17) is 32.4 Å². The molecule has 1 aliphatic rings. The minimum Gasteiger partial charge on any atom is -0.503 e. The Kier molecular flexibility index (Phi) is 7.71. The summed E-state index contributed by atoms with van der Waals surface area (Å²) in [6.45, 7) is 2.03. The molecule has 8 nitrogen and oxygen atoms in total. The summed E-state index contributed by atoms with van der Waals surface area (Å²) in [7, 11) is 1.50. The quantitative estimate of drug-likeness (QED) is 0.104.